The van der Waals surface area contributed by atoms with Gasteiger partial charge in [0, 0.05) is 37.3 Å². The highest BCUT2D eigenvalue weighted by Gasteiger charge is 2.23. The van der Waals surface area contributed by atoms with Crippen LogP contribution >= 0.6 is 11.6 Å². The van der Waals surface area contributed by atoms with Crippen molar-refractivity contribution < 1.29 is 0 Å². The molecule has 14 heavy (non-hydrogen) atoms. The zero-order chi connectivity index (χ0) is 10.6. The Morgan fingerprint density at radius 1 is 1.64 bits per heavy atom. The molecule has 0 spiro atoms. The average molecular weight is 217 g/mol. The van der Waals surface area contributed by atoms with Crippen molar-refractivity contribution >= 4 is 11.6 Å². The van der Waals surface area contributed by atoms with Gasteiger partial charge in [-0.25, -0.2) is 0 Å². The number of nitrogens with zero attached hydrogens (tertiary/aromatic N) is 1. The van der Waals surface area contributed by atoms with Crippen molar-refractivity contribution in [3.8, 4) is 0 Å². The summed E-state index contributed by atoms with van der Waals surface area (Å²) in [4.78, 5) is 2.52. The van der Waals surface area contributed by atoms with Gasteiger partial charge in [0.25, 0.3) is 0 Å². The second-order valence-corrected chi connectivity index (χ2v) is 4.47. The van der Waals surface area contributed by atoms with Gasteiger partial charge < -0.3 is 5.32 Å². The number of piperazine rings is 1. The molecule has 2 nitrogen and oxygen atoms in total. The predicted molar refractivity (Wildman–Crippen MR) is 62.7 cm³/mol. The van der Waals surface area contributed by atoms with Gasteiger partial charge >= 0.3 is 0 Å². The highest BCUT2D eigenvalue weighted by atomic mass is 35.5. The normalized spacial score (nSPS) is 30.7. The lowest BCUT2D eigenvalue weighted by molar-refractivity contribution is 0.144. The Kier molecular flexibility index (Phi) is 4.93. The molecule has 82 valence electrons. The van der Waals surface area contributed by atoms with E-state index in [2.05, 4.69) is 31.0 Å². The van der Waals surface area contributed by atoms with Gasteiger partial charge in [-0.3, -0.25) is 4.90 Å². The van der Waals surface area contributed by atoms with E-state index in [0.717, 1.165) is 19.6 Å². The van der Waals surface area contributed by atoms with Crippen molar-refractivity contribution in [1.29, 1.82) is 0 Å². The molecule has 2 unspecified atom stereocenters. The van der Waals surface area contributed by atoms with E-state index in [4.69, 9.17) is 11.6 Å². The highest BCUT2D eigenvalue weighted by molar-refractivity contribution is 6.25. The second kappa shape index (κ2) is 5.74. The first-order valence-corrected chi connectivity index (χ1v) is 5.84. The Labute approximate surface area is 92.3 Å². The van der Waals surface area contributed by atoms with Crippen LogP contribution in [0.1, 0.15) is 27.2 Å². The topological polar surface area (TPSA) is 15.3 Å². The molecular weight excluding hydrogens is 196 g/mol. The van der Waals surface area contributed by atoms with Crippen LogP contribution in [0, 0.1) is 0 Å². The summed E-state index contributed by atoms with van der Waals surface area (Å²) in [7, 11) is 0. The number of hydrogen-bond acceptors (Lipinski definition) is 2. The first-order chi connectivity index (χ1) is 6.67. The molecule has 1 heterocycles. The third kappa shape index (κ3) is 3.26. The molecule has 0 saturated carbocycles. The lowest BCUT2D eigenvalue weighted by Crippen LogP contribution is -2.55. The molecule has 1 fully saturated rings. The molecule has 0 amide bonds. The summed E-state index contributed by atoms with van der Waals surface area (Å²) in [6.07, 6.45) is 1.20. The summed E-state index contributed by atoms with van der Waals surface area (Å²) in [6, 6.07) is 1.26. The number of nitrogens with one attached hydrogen (secondary N) is 1. The van der Waals surface area contributed by atoms with Gasteiger partial charge in [0.2, 0.25) is 0 Å². The molecule has 1 aliphatic rings. The van der Waals surface area contributed by atoms with Crippen molar-refractivity contribution in [3.63, 3.8) is 0 Å². The van der Waals surface area contributed by atoms with E-state index in [1.54, 1.807) is 5.54 Å². The Morgan fingerprint density at radius 3 is 2.93 bits per heavy atom. The van der Waals surface area contributed by atoms with E-state index in [9.17, 15) is 0 Å². The summed E-state index contributed by atoms with van der Waals surface area (Å²) in [5.74, 6) is 0. The lowest BCUT2D eigenvalue weighted by Gasteiger charge is -2.39. The molecule has 0 aromatic rings. The third-order valence-electron chi connectivity index (χ3n) is 2.84. The van der Waals surface area contributed by atoms with Gasteiger partial charge in [0.1, 0.15) is 0 Å². The molecule has 0 bridgehead atoms. The quantitative estimate of drug-likeness (QED) is 0.778. The summed E-state index contributed by atoms with van der Waals surface area (Å²) in [6.45, 7) is 9.81. The van der Waals surface area contributed by atoms with E-state index in [-0.39, 0.29) is 0 Å². The third-order valence-corrected chi connectivity index (χ3v) is 3.21. The van der Waals surface area contributed by atoms with E-state index < -0.39 is 0 Å². The molecule has 1 saturated heterocycles. The molecule has 0 aliphatic carbocycles. The van der Waals surface area contributed by atoms with E-state index in [0.29, 0.717) is 12.1 Å². The Hall–Kier alpha value is -0.0500. The summed E-state index contributed by atoms with van der Waals surface area (Å²) < 4.78 is 0. The predicted octanol–water partition coefficient (Wildman–Crippen LogP) is 2.20. The fourth-order valence-electron chi connectivity index (χ4n) is 1.98. The van der Waals surface area contributed by atoms with Crippen molar-refractivity contribution in [1.82, 2.24) is 10.2 Å². The van der Waals surface area contributed by atoms with Crippen LogP contribution in [-0.4, -0.2) is 36.6 Å². The zero-order valence-corrected chi connectivity index (χ0v) is 10.1. The van der Waals surface area contributed by atoms with Crippen molar-refractivity contribution in [2.24, 2.45) is 0 Å². The SMILES string of the molecule is CCC1CNC(C)CN1CC(C)=CCl. The van der Waals surface area contributed by atoms with Crippen molar-refractivity contribution in [3.05, 3.63) is 11.1 Å². The van der Waals surface area contributed by atoms with Gasteiger partial charge in [-0.15, -0.1) is 0 Å². The fraction of sp³-hybridized carbons (Fsp3) is 0.818. The van der Waals surface area contributed by atoms with Gasteiger partial charge in [0.15, 0.2) is 0 Å². The first kappa shape index (κ1) is 12.0. The number of rotatable bonds is 3. The Bertz CT molecular complexity index is 203. The molecule has 2 atom stereocenters. The summed E-state index contributed by atoms with van der Waals surface area (Å²) in [5.41, 5.74) is 2.94. The second-order valence-electron chi connectivity index (χ2n) is 4.26. The molecule has 0 radical (unpaired) electrons. The van der Waals surface area contributed by atoms with Gasteiger partial charge in [-0.1, -0.05) is 18.5 Å². The number of hydrogen-bond donors (Lipinski definition) is 1. The fourth-order valence-corrected chi connectivity index (χ4v) is 2.05. The largest absolute Gasteiger partial charge is 0.311 e. The van der Waals surface area contributed by atoms with Crippen LogP contribution in [0.5, 0.6) is 0 Å². The minimum atomic E-state index is 0.598. The zero-order valence-electron chi connectivity index (χ0n) is 9.39. The van der Waals surface area contributed by atoms with E-state index in [1.807, 2.05) is 0 Å². The average Bonchev–Trinajstić information content (AvgIpc) is 2.18. The van der Waals surface area contributed by atoms with Crippen LogP contribution in [0.4, 0.5) is 0 Å². The molecule has 0 aromatic carbocycles. The Morgan fingerprint density at radius 2 is 2.36 bits per heavy atom. The minimum Gasteiger partial charge on any atom is -0.311 e. The summed E-state index contributed by atoms with van der Waals surface area (Å²) in [5, 5.41) is 3.51. The molecule has 1 aliphatic heterocycles. The van der Waals surface area contributed by atoms with Gasteiger partial charge in [-0.2, -0.15) is 0 Å². The minimum absolute atomic E-state index is 0.598. The summed E-state index contributed by atoms with van der Waals surface area (Å²) >= 11 is 5.69. The van der Waals surface area contributed by atoms with Crippen LogP contribution in [0.2, 0.25) is 0 Å². The Balaban J connectivity index is 2.52. The first-order valence-electron chi connectivity index (χ1n) is 5.40. The van der Waals surface area contributed by atoms with Gasteiger partial charge in [0.05, 0.1) is 0 Å². The smallest absolute Gasteiger partial charge is 0.0222 e. The van der Waals surface area contributed by atoms with Crippen LogP contribution in [0.25, 0.3) is 0 Å². The van der Waals surface area contributed by atoms with Crippen LogP contribution in [0.15, 0.2) is 11.1 Å². The maximum absolute atomic E-state index is 5.69. The van der Waals surface area contributed by atoms with Crippen molar-refractivity contribution in [2.75, 3.05) is 19.6 Å². The maximum Gasteiger partial charge on any atom is 0.0222 e. The van der Waals surface area contributed by atoms with Crippen molar-refractivity contribution in [2.45, 2.75) is 39.3 Å². The maximum atomic E-state index is 5.69. The van der Waals surface area contributed by atoms with Crippen LogP contribution in [0.3, 0.4) is 0 Å². The van der Waals surface area contributed by atoms with E-state index >= 15 is 0 Å². The molecular formula is C11H21ClN2. The molecule has 3 heteroatoms. The molecule has 0 aromatic heterocycles. The van der Waals surface area contributed by atoms with Crippen LogP contribution in [-0.2, 0) is 0 Å². The number of halogens is 1. The molecule has 1 rings (SSSR count). The lowest BCUT2D eigenvalue weighted by atomic mass is 10.1. The van der Waals surface area contributed by atoms with Gasteiger partial charge in [-0.05, 0) is 25.8 Å². The van der Waals surface area contributed by atoms with Crippen LogP contribution < -0.4 is 5.32 Å². The monoisotopic (exact) mass is 216 g/mol. The highest BCUT2D eigenvalue weighted by Crippen LogP contribution is 2.12. The molecule has 1 N–H and O–H groups in total. The van der Waals surface area contributed by atoms with E-state index in [1.165, 1.54) is 12.0 Å². The standard InChI is InChI=1S/C11H21ClN2/c1-4-11-6-13-10(3)8-14(11)7-9(2)5-12/h5,10-11,13H,4,6-8H2,1-3H3.